The van der Waals surface area contributed by atoms with E-state index in [1.165, 1.54) is 0 Å². The number of anilines is 1. The van der Waals surface area contributed by atoms with Crippen LogP contribution in [0, 0.1) is 11.3 Å². The zero-order chi connectivity index (χ0) is 22.0. The highest BCUT2D eigenvalue weighted by atomic mass is 16.2. The summed E-state index contributed by atoms with van der Waals surface area (Å²) in [6.07, 6.45) is 3.20. The van der Waals surface area contributed by atoms with Crippen molar-refractivity contribution in [2.75, 3.05) is 11.9 Å². The number of carbonyl (C=O) groups is 4. The van der Waals surface area contributed by atoms with Crippen LogP contribution in [0.3, 0.4) is 0 Å². The summed E-state index contributed by atoms with van der Waals surface area (Å²) in [5.41, 5.74) is 1.98. The maximum Gasteiger partial charge on any atom is 0.262 e. The van der Waals surface area contributed by atoms with E-state index in [1.807, 2.05) is 0 Å². The van der Waals surface area contributed by atoms with Crippen LogP contribution < -0.4 is 10.6 Å². The largest absolute Gasteiger partial charge is 0.370 e. The predicted molar refractivity (Wildman–Crippen MR) is 109 cm³/mol. The van der Waals surface area contributed by atoms with Gasteiger partial charge in [-0.05, 0) is 49.1 Å². The Morgan fingerprint density at radius 3 is 2.71 bits per heavy atom. The highest BCUT2D eigenvalue weighted by molar-refractivity contribution is 6.23. The van der Waals surface area contributed by atoms with E-state index in [2.05, 4.69) is 21.7 Å². The molecule has 4 amide bonds. The third-order valence-corrected chi connectivity index (χ3v) is 5.34. The summed E-state index contributed by atoms with van der Waals surface area (Å²) in [5.74, 6) is -1.42. The minimum atomic E-state index is -0.963. The molecule has 1 fully saturated rings. The maximum atomic E-state index is 12.9. The molecule has 4 rings (SSSR count). The lowest BCUT2D eigenvalue weighted by molar-refractivity contribution is -0.136. The molecule has 1 aromatic carbocycles. The summed E-state index contributed by atoms with van der Waals surface area (Å²) < 4.78 is 0. The van der Waals surface area contributed by atoms with Crippen molar-refractivity contribution >= 4 is 29.4 Å². The van der Waals surface area contributed by atoms with E-state index in [0.29, 0.717) is 24.3 Å². The van der Waals surface area contributed by atoms with E-state index in [9.17, 15) is 19.2 Å². The second kappa shape index (κ2) is 8.36. The van der Waals surface area contributed by atoms with Crippen molar-refractivity contribution in [3.63, 3.8) is 0 Å². The zero-order valence-electron chi connectivity index (χ0n) is 16.6. The number of aromatic nitrogens is 1. The Morgan fingerprint density at radius 1 is 1.13 bits per heavy atom. The van der Waals surface area contributed by atoms with Crippen LogP contribution in [-0.2, 0) is 16.0 Å². The first-order chi connectivity index (χ1) is 15.0. The molecule has 156 valence electrons. The number of carbonyl (C=O) groups excluding carboxylic acids is 4. The molecule has 0 aliphatic carbocycles. The van der Waals surface area contributed by atoms with E-state index in [1.54, 1.807) is 36.5 Å². The number of rotatable bonds is 6. The van der Waals surface area contributed by atoms with Gasteiger partial charge in [-0.15, -0.1) is 0 Å². The molecule has 9 nitrogen and oxygen atoms in total. The van der Waals surface area contributed by atoms with Gasteiger partial charge in [0, 0.05) is 19.2 Å². The molecule has 0 bridgehead atoms. The number of pyridine rings is 1. The summed E-state index contributed by atoms with van der Waals surface area (Å²) in [5, 5.41) is 14.3. The SMILES string of the molecule is N#Cc1ccnc(NCCCc2ccc3c(c2)C(=O)N(C2CCC(=O)NC2=O)C3=O)c1. The van der Waals surface area contributed by atoms with Gasteiger partial charge in [-0.3, -0.25) is 29.4 Å². The van der Waals surface area contributed by atoms with Crippen LogP contribution >= 0.6 is 0 Å². The van der Waals surface area contributed by atoms with E-state index >= 15 is 0 Å². The quantitative estimate of drug-likeness (QED) is 0.536. The fourth-order valence-electron chi connectivity index (χ4n) is 3.78. The Bertz CT molecular complexity index is 1140. The van der Waals surface area contributed by atoms with Gasteiger partial charge in [-0.1, -0.05) is 6.07 Å². The van der Waals surface area contributed by atoms with Crippen molar-refractivity contribution in [2.45, 2.75) is 31.7 Å². The predicted octanol–water partition coefficient (Wildman–Crippen LogP) is 1.40. The third kappa shape index (κ3) is 4.00. The number of benzene rings is 1. The normalized spacial score (nSPS) is 17.9. The monoisotopic (exact) mass is 417 g/mol. The number of hydrogen-bond donors (Lipinski definition) is 2. The highest BCUT2D eigenvalue weighted by Crippen LogP contribution is 2.28. The first kappa shape index (κ1) is 20.2. The van der Waals surface area contributed by atoms with Crippen LogP contribution in [0.2, 0.25) is 0 Å². The van der Waals surface area contributed by atoms with E-state index in [0.717, 1.165) is 16.9 Å². The molecule has 2 aliphatic rings. The third-order valence-electron chi connectivity index (χ3n) is 5.34. The Kier molecular flexibility index (Phi) is 5.45. The van der Waals surface area contributed by atoms with Crippen LogP contribution in [0.25, 0.3) is 0 Å². The molecule has 0 radical (unpaired) electrons. The molecule has 1 saturated heterocycles. The van der Waals surface area contributed by atoms with Gasteiger partial charge in [0.05, 0.1) is 22.8 Å². The van der Waals surface area contributed by atoms with Crippen LogP contribution in [0.15, 0.2) is 36.5 Å². The first-order valence-electron chi connectivity index (χ1n) is 9.92. The van der Waals surface area contributed by atoms with Crippen LogP contribution in [0.4, 0.5) is 5.82 Å². The molecule has 0 spiro atoms. The molecule has 2 aromatic rings. The molecule has 31 heavy (non-hydrogen) atoms. The molecule has 2 N–H and O–H groups in total. The number of nitrogens with one attached hydrogen (secondary N) is 2. The molecule has 1 aromatic heterocycles. The Morgan fingerprint density at radius 2 is 1.94 bits per heavy atom. The molecule has 9 heteroatoms. The second-order valence-electron chi connectivity index (χ2n) is 7.40. The number of aryl methyl sites for hydroxylation is 1. The lowest BCUT2D eigenvalue weighted by Gasteiger charge is -2.27. The van der Waals surface area contributed by atoms with Gasteiger partial charge in [-0.25, -0.2) is 4.98 Å². The first-order valence-corrected chi connectivity index (χ1v) is 9.92. The number of fused-ring (bicyclic) bond motifs is 1. The number of nitrogens with zero attached hydrogens (tertiary/aromatic N) is 3. The number of amides is 4. The Balaban J connectivity index is 1.39. The van der Waals surface area contributed by atoms with Crippen LogP contribution in [0.5, 0.6) is 0 Å². The van der Waals surface area contributed by atoms with E-state index < -0.39 is 29.7 Å². The van der Waals surface area contributed by atoms with Crippen molar-refractivity contribution in [2.24, 2.45) is 0 Å². The fraction of sp³-hybridized carbons (Fsp3) is 0.273. The minimum Gasteiger partial charge on any atom is -0.370 e. The van der Waals surface area contributed by atoms with Gasteiger partial charge in [-0.2, -0.15) is 5.26 Å². The molecule has 1 unspecified atom stereocenters. The van der Waals surface area contributed by atoms with Crippen LogP contribution in [0.1, 0.15) is 51.1 Å². The van der Waals surface area contributed by atoms with E-state index in [-0.39, 0.29) is 24.0 Å². The molecule has 0 saturated carbocycles. The molecule has 2 aliphatic heterocycles. The average Bonchev–Trinajstić information content (AvgIpc) is 3.01. The lowest BCUT2D eigenvalue weighted by Crippen LogP contribution is -2.54. The topological polar surface area (TPSA) is 132 Å². The zero-order valence-corrected chi connectivity index (χ0v) is 16.6. The minimum absolute atomic E-state index is 0.0915. The number of hydrogen-bond acceptors (Lipinski definition) is 7. The van der Waals surface area contributed by atoms with Gasteiger partial charge in [0.1, 0.15) is 11.9 Å². The fourth-order valence-corrected chi connectivity index (χ4v) is 3.78. The van der Waals surface area contributed by atoms with Crippen molar-refractivity contribution < 1.29 is 19.2 Å². The van der Waals surface area contributed by atoms with E-state index in [4.69, 9.17) is 5.26 Å². The van der Waals surface area contributed by atoms with Crippen molar-refractivity contribution in [3.05, 3.63) is 58.8 Å². The number of piperidine rings is 1. The lowest BCUT2D eigenvalue weighted by atomic mass is 10.0. The van der Waals surface area contributed by atoms with Crippen molar-refractivity contribution in [1.29, 1.82) is 5.26 Å². The van der Waals surface area contributed by atoms with Gasteiger partial charge in [0.2, 0.25) is 11.8 Å². The summed E-state index contributed by atoms with van der Waals surface area (Å²) in [4.78, 5) is 54.2. The Labute approximate surface area is 178 Å². The van der Waals surface area contributed by atoms with Crippen molar-refractivity contribution in [3.8, 4) is 6.07 Å². The van der Waals surface area contributed by atoms with Crippen molar-refractivity contribution in [1.82, 2.24) is 15.2 Å². The van der Waals surface area contributed by atoms with Crippen LogP contribution in [-0.4, -0.2) is 46.1 Å². The smallest absolute Gasteiger partial charge is 0.262 e. The summed E-state index contributed by atoms with van der Waals surface area (Å²) in [6.45, 7) is 0.619. The number of nitriles is 1. The highest BCUT2D eigenvalue weighted by Gasteiger charge is 2.44. The van der Waals surface area contributed by atoms with Gasteiger partial charge in [0.15, 0.2) is 0 Å². The molecular formula is C22H19N5O4. The van der Waals surface area contributed by atoms with Gasteiger partial charge >= 0.3 is 0 Å². The number of imide groups is 2. The molecule has 1 atom stereocenters. The van der Waals surface area contributed by atoms with Gasteiger partial charge < -0.3 is 5.32 Å². The second-order valence-corrected chi connectivity index (χ2v) is 7.40. The summed E-state index contributed by atoms with van der Waals surface area (Å²) in [7, 11) is 0. The standard InChI is InChI=1S/C22H19N5O4/c23-12-14-7-9-25-18(11-14)24-8-1-2-13-3-4-15-16(10-13)22(31)27(21(15)30)17-5-6-19(28)26-20(17)29/h3-4,7,9-11,17H,1-2,5-6,8H2,(H,24,25)(H,26,28,29). The summed E-state index contributed by atoms with van der Waals surface area (Å²) in [6, 6.07) is 9.50. The molecule has 3 heterocycles. The average molecular weight is 417 g/mol. The molecular weight excluding hydrogens is 398 g/mol. The summed E-state index contributed by atoms with van der Waals surface area (Å²) >= 11 is 0. The maximum absolute atomic E-state index is 12.9. The Hall–Kier alpha value is -4.06. The van der Waals surface area contributed by atoms with Gasteiger partial charge in [0.25, 0.3) is 11.8 Å².